The molecular weight excluding hydrogens is 458 g/mol. The van der Waals surface area contributed by atoms with Crippen molar-refractivity contribution < 1.29 is 24.2 Å². The maximum atomic E-state index is 12.5. The summed E-state index contributed by atoms with van der Waals surface area (Å²) in [6.07, 6.45) is -0.186. The Balaban J connectivity index is 1.56. The molecule has 0 spiro atoms. The number of esters is 1. The fourth-order valence-electron chi connectivity index (χ4n) is 3.65. The Morgan fingerprint density at radius 1 is 1.31 bits per heavy atom. The van der Waals surface area contributed by atoms with Crippen LogP contribution in [0.4, 0.5) is 23.1 Å². The number of nitrogen functional groups attached to an aromatic ring is 1. The van der Waals surface area contributed by atoms with Crippen LogP contribution in [0.15, 0.2) is 29.1 Å². The molecule has 188 valence electrons. The normalized spacial score (nSPS) is 15.4. The van der Waals surface area contributed by atoms with Gasteiger partial charge in [-0.25, -0.2) is 4.79 Å². The number of nitrogens with zero attached hydrogens (tertiary/aromatic N) is 2. The number of benzene rings is 1. The van der Waals surface area contributed by atoms with E-state index in [2.05, 4.69) is 25.9 Å². The third-order valence-electron chi connectivity index (χ3n) is 5.55. The molecule has 3 rings (SSSR count). The van der Waals surface area contributed by atoms with E-state index in [1.807, 2.05) is 4.90 Å². The summed E-state index contributed by atoms with van der Waals surface area (Å²) in [6, 6.07) is 5.25. The van der Waals surface area contributed by atoms with Gasteiger partial charge in [0.05, 0.1) is 12.6 Å². The molecule has 35 heavy (non-hydrogen) atoms. The highest BCUT2D eigenvalue weighted by molar-refractivity contribution is 5.97. The Labute approximate surface area is 201 Å². The average Bonchev–Trinajstić information content (AvgIpc) is 2.81. The largest absolute Gasteiger partial charge is 0.480 e. The molecule has 2 aromatic rings. The van der Waals surface area contributed by atoms with Gasteiger partial charge in [-0.05, 0) is 37.6 Å². The number of aliphatic carboxylic acids is 1. The highest BCUT2D eigenvalue weighted by atomic mass is 16.5. The van der Waals surface area contributed by atoms with Gasteiger partial charge in [0.2, 0.25) is 5.95 Å². The highest BCUT2D eigenvalue weighted by Crippen LogP contribution is 2.25. The molecule has 0 aliphatic carbocycles. The topological polar surface area (TPSA) is 192 Å². The van der Waals surface area contributed by atoms with Gasteiger partial charge in [0.25, 0.3) is 11.5 Å². The van der Waals surface area contributed by atoms with Crippen LogP contribution in [0.1, 0.15) is 30.1 Å². The number of ether oxygens (including phenoxy) is 1. The van der Waals surface area contributed by atoms with Crippen LogP contribution in [0.25, 0.3) is 0 Å². The van der Waals surface area contributed by atoms with Gasteiger partial charge < -0.3 is 36.4 Å². The van der Waals surface area contributed by atoms with Crippen LogP contribution in [0.2, 0.25) is 0 Å². The van der Waals surface area contributed by atoms with Crippen molar-refractivity contribution in [1.82, 2.24) is 15.3 Å². The number of nitrogens with two attached hydrogens (primary N) is 1. The molecule has 0 saturated heterocycles. The number of carbonyl (C=O) groups excluding carboxylic acids is 2. The van der Waals surface area contributed by atoms with Crippen LogP contribution in [-0.4, -0.2) is 71.7 Å². The highest BCUT2D eigenvalue weighted by Gasteiger charge is 2.27. The van der Waals surface area contributed by atoms with E-state index in [4.69, 9.17) is 10.5 Å². The first-order valence-electron chi connectivity index (χ1n) is 11.1. The van der Waals surface area contributed by atoms with E-state index >= 15 is 0 Å². The molecule has 2 atom stereocenters. The van der Waals surface area contributed by atoms with Crippen molar-refractivity contribution in [2.75, 3.05) is 48.0 Å². The number of fused-ring (bicyclic) bond motifs is 1. The first kappa shape index (κ1) is 25.3. The standard InChI is InChI=1S/C22H29N7O6/c1-3-35-16(30)9-8-15(21(33)34)26-19(31)12-4-6-13(7-5-12)24-10-14-11-25-18-17(29(14)2)20(32)28-22(23)27-18/h4-7,14-15,24H,3,8-11H2,1-2H3,(H,26,31)(H,33,34)(H4,23,25,27,28,32)/t14-,15?/m0/s1. The number of carbonyl (C=O) groups is 3. The van der Waals surface area contributed by atoms with Crippen LogP contribution < -0.4 is 32.1 Å². The van der Waals surface area contributed by atoms with Crippen molar-refractivity contribution >= 4 is 41.0 Å². The lowest BCUT2D eigenvalue weighted by atomic mass is 10.1. The molecule has 0 saturated carbocycles. The van der Waals surface area contributed by atoms with Crippen LogP contribution in [0.5, 0.6) is 0 Å². The fraction of sp³-hybridized carbons (Fsp3) is 0.409. The molecule has 7 N–H and O–H groups in total. The maximum absolute atomic E-state index is 12.5. The lowest BCUT2D eigenvalue weighted by molar-refractivity contribution is -0.144. The molecule has 1 aromatic carbocycles. The Bertz CT molecular complexity index is 1130. The Morgan fingerprint density at radius 3 is 2.69 bits per heavy atom. The van der Waals surface area contributed by atoms with Crippen molar-refractivity contribution in [1.29, 1.82) is 0 Å². The van der Waals surface area contributed by atoms with Crippen molar-refractivity contribution in [3.8, 4) is 0 Å². The van der Waals surface area contributed by atoms with Gasteiger partial charge >= 0.3 is 11.9 Å². The summed E-state index contributed by atoms with van der Waals surface area (Å²) in [4.78, 5) is 56.1. The van der Waals surface area contributed by atoms with Gasteiger partial charge in [0.1, 0.15) is 11.7 Å². The number of rotatable bonds is 10. The third-order valence-corrected chi connectivity index (χ3v) is 5.55. The molecule has 1 amide bonds. The maximum Gasteiger partial charge on any atom is 0.326 e. The minimum atomic E-state index is -1.23. The lowest BCUT2D eigenvalue weighted by Gasteiger charge is -2.35. The summed E-state index contributed by atoms with van der Waals surface area (Å²) in [5.74, 6) is -1.84. The number of aromatic nitrogens is 2. The molecule has 0 fully saturated rings. The molecule has 0 bridgehead atoms. The number of hydrogen-bond donors (Lipinski definition) is 6. The smallest absolute Gasteiger partial charge is 0.326 e. The second-order valence-electron chi connectivity index (χ2n) is 7.96. The molecular formula is C22H29N7O6. The number of H-pyrrole nitrogens is 1. The Hall–Kier alpha value is -4.29. The van der Waals surface area contributed by atoms with Gasteiger partial charge in [0, 0.05) is 37.8 Å². The average molecular weight is 488 g/mol. The zero-order valence-corrected chi connectivity index (χ0v) is 19.5. The van der Waals surface area contributed by atoms with Gasteiger partial charge in [-0.1, -0.05) is 0 Å². The van der Waals surface area contributed by atoms with E-state index in [0.717, 1.165) is 5.69 Å². The SMILES string of the molecule is CCOC(=O)CCC(NC(=O)c1ccc(NC[C@H]2CNc3nc(N)[nH]c(=O)c3N2C)cc1)C(=O)O. The zero-order chi connectivity index (χ0) is 25.5. The number of nitrogens with one attached hydrogen (secondary N) is 4. The lowest BCUT2D eigenvalue weighted by Crippen LogP contribution is -2.48. The number of carboxylic acids is 1. The van der Waals surface area contributed by atoms with Gasteiger partial charge in [-0.2, -0.15) is 4.98 Å². The summed E-state index contributed by atoms with van der Waals surface area (Å²) >= 11 is 0. The summed E-state index contributed by atoms with van der Waals surface area (Å²) in [7, 11) is 1.80. The molecule has 1 aliphatic heterocycles. The first-order valence-corrected chi connectivity index (χ1v) is 11.1. The number of likely N-dealkylation sites (N-methyl/N-ethyl adjacent to an activating group) is 1. The van der Waals surface area contributed by atoms with E-state index in [9.17, 15) is 24.3 Å². The van der Waals surface area contributed by atoms with Gasteiger partial charge in [-0.15, -0.1) is 0 Å². The van der Waals surface area contributed by atoms with E-state index in [1.54, 1.807) is 38.2 Å². The monoisotopic (exact) mass is 487 g/mol. The molecule has 1 unspecified atom stereocenters. The molecule has 2 heterocycles. The summed E-state index contributed by atoms with van der Waals surface area (Å²) in [6.45, 7) is 2.89. The number of hydrogen-bond acceptors (Lipinski definition) is 10. The van der Waals surface area contributed by atoms with E-state index in [-0.39, 0.29) is 42.6 Å². The van der Waals surface area contributed by atoms with E-state index in [0.29, 0.717) is 24.6 Å². The van der Waals surface area contributed by atoms with Gasteiger partial charge in [0.15, 0.2) is 5.82 Å². The molecule has 1 aliphatic rings. The molecule has 13 heteroatoms. The van der Waals surface area contributed by atoms with Crippen LogP contribution in [-0.2, 0) is 14.3 Å². The Morgan fingerprint density at radius 2 is 2.03 bits per heavy atom. The number of aromatic amines is 1. The second kappa shape index (κ2) is 11.2. The van der Waals surface area contributed by atoms with Crippen LogP contribution in [0.3, 0.4) is 0 Å². The molecule has 1 aromatic heterocycles. The summed E-state index contributed by atoms with van der Waals surface area (Å²) < 4.78 is 4.79. The zero-order valence-electron chi connectivity index (χ0n) is 19.5. The van der Waals surface area contributed by atoms with Gasteiger partial charge in [-0.3, -0.25) is 19.4 Å². The van der Waals surface area contributed by atoms with Crippen LogP contribution >= 0.6 is 0 Å². The third kappa shape index (κ3) is 6.40. The van der Waals surface area contributed by atoms with E-state index in [1.165, 1.54) is 0 Å². The summed E-state index contributed by atoms with van der Waals surface area (Å²) in [5.41, 5.74) is 6.68. The molecule has 0 radical (unpaired) electrons. The second-order valence-corrected chi connectivity index (χ2v) is 7.96. The number of anilines is 4. The quantitative estimate of drug-likeness (QED) is 0.251. The number of amides is 1. The first-order chi connectivity index (χ1) is 16.7. The molecule has 13 nitrogen and oxygen atoms in total. The minimum Gasteiger partial charge on any atom is -0.480 e. The van der Waals surface area contributed by atoms with Crippen molar-refractivity contribution in [2.45, 2.75) is 31.8 Å². The Kier molecular flexibility index (Phi) is 8.12. The van der Waals surface area contributed by atoms with Crippen molar-refractivity contribution in [2.24, 2.45) is 0 Å². The van der Waals surface area contributed by atoms with Crippen molar-refractivity contribution in [3.63, 3.8) is 0 Å². The predicted molar refractivity (Wildman–Crippen MR) is 130 cm³/mol. The fourth-order valence-corrected chi connectivity index (χ4v) is 3.65. The van der Waals surface area contributed by atoms with Crippen LogP contribution in [0, 0.1) is 0 Å². The minimum absolute atomic E-state index is 0.0454. The predicted octanol–water partition coefficient (Wildman–Crippen LogP) is 0.221. The summed E-state index contributed by atoms with van der Waals surface area (Å²) in [5, 5.41) is 18.1. The van der Waals surface area contributed by atoms with Crippen molar-refractivity contribution in [3.05, 3.63) is 40.2 Å². The van der Waals surface area contributed by atoms with E-state index < -0.39 is 23.9 Å². The number of carboxylic acid groups (broad SMARTS) is 1.